The summed E-state index contributed by atoms with van der Waals surface area (Å²) in [4.78, 5) is 26.5. The van der Waals surface area contributed by atoms with Gasteiger partial charge in [0.15, 0.2) is 0 Å². The number of thiophene rings is 2. The van der Waals surface area contributed by atoms with Crippen LogP contribution >= 0.6 is 22.7 Å². The van der Waals surface area contributed by atoms with Crippen LogP contribution in [0.4, 0.5) is 0 Å². The van der Waals surface area contributed by atoms with Gasteiger partial charge in [-0.25, -0.2) is 0 Å². The molecule has 4 heterocycles. The van der Waals surface area contributed by atoms with Crippen molar-refractivity contribution in [2.24, 2.45) is 0 Å². The van der Waals surface area contributed by atoms with E-state index in [2.05, 4.69) is 121 Å². The molecule has 1 saturated heterocycles. The zero-order valence-electron chi connectivity index (χ0n) is 26.8. The number of epoxide rings is 1. The third-order valence-corrected chi connectivity index (χ3v) is 12.3. The van der Waals surface area contributed by atoms with E-state index in [1.54, 1.807) is 4.57 Å². The van der Waals surface area contributed by atoms with E-state index >= 15 is 0 Å². The van der Waals surface area contributed by atoms with Crippen molar-refractivity contribution in [3.63, 3.8) is 0 Å². The summed E-state index contributed by atoms with van der Waals surface area (Å²) in [6.45, 7) is 0.861. The van der Waals surface area contributed by atoms with Crippen LogP contribution in [0.5, 0.6) is 0 Å². The number of carbonyl (C=O) groups excluding carboxylic acids is 2. The molecule has 1 aliphatic heterocycles. The van der Waals surface area contributed by atoms with E-state index in [4.69, 9.17) is 9.47 Å². The monoisotopic (exact) mass is 687 g/mol. The Kier molecular flexibility index (Phi) is 6.88. The van der Waals surface area contributed by atoms with Crippen LogP contribution in [0.25, 0.3) is 84.4 Å². The maximum absolute atomic E-state index is 14.0. The molecular weight excluding hydrogens is 659 g/mol. The number of esters is 1. The van der Waals surface area contributed by atoms with E-state index < -0.39 is 0 Å². The van der Waals surface area contributed by atoms with Gasteiger partial charge in [-0.1, -0.05) is 84.9 Å². The fourth-order valence-electron chi connectivity index (χ4n) is 7.32. The Morgan fingerprint density at radius 2 is 1.14 bits per heavy atom. The molecule has 0 spiro atoms. The van der Waals surface area contributed by atoms with Crippen LogP contribution in [-0.2, 0) is 14.3 Å². The second-order valence-corrected chi connectivity index (χ2v) is 15.0. The Hall–Kier alpha value is -5.34. The molecule has 0 amide bonds. The first kappa shape index (κ1) is 29.6. The second kappa shape index (κ2) is 11.6. The topological polar surface area (TPSA) is 60.8 Å². The van der Waals surface area contributed by atoms with Gasteiger partial charge in [0, 0.05) is 57.5 Å². The number of hydrogen-bond acceptors (Lipinski definition) is 6. The summed E-state index contributed by atoms with van der Waals surface area (Å²) < 4.78 is 17.3. The maximum atomic E-state index is 14.0. The van der Waals surface area contributed by atoms with Crippen LogP contribution in [0, 0.1) is 0 Å². The molecule has 3 aromatic heterocycles. The average Bonchev–Trinajstić information content (AvgIpc) is 3.67. The third-order valence-electron chi connectivity index (χ3n) is 9.82. The molecule has 0 N–H and O–H groups in total. The Balaban J connectivity index is 1.14. The van der Waals surface area contributed by atoms with Crippen LogP contribution in [0.1, 0.15) is 17.6 Å². The zero-order chi connectivity index (χ0) is 33.3. The van der Waals surface area contributed by atoms with Gasteiger partial charge in [-0.2, -0.15) is 0 Å². The first-order chi connectivity index (χ1) is 24.6. The number of ether oxygens (including phenoxy) is 2. The Morgan fingerprint density at radius 1 is 0.620 bits per heavy atom. The normalized spacial score (nSPS) is 14.4. The summed E-state index contributed by atoms with van der Waals surface area (Å²) in [5.74, 6) is -0.518. The molecule has 0 radical (unpaired) electrons. The van der Waals surface area contributed by atoms with E-state index in [1.807, 2.05) is 22.7 Å². The number of carbonyl (C=O) groups is 2. The Morgan fingerprint density at radius 3 is 1.68 bits per heavy atom. The highest BCUT2D eigenvalue weighted by atomic mass is 32.1. The van der Waals surface area contributed by atoms with Crippen molar-refractivity contribution >= 4 is 96.7 Å². The number of rotatable bonds is 7. The van der Waals surface area contributed by atoms with Crippen molar-refractivity contribution in [3.8, 4) is 22.3 Å². The smallest absolute Gasteiger partial charge is 0.306 e. The quantitative estimate of drug-likeness (QED) is 0.124. The molecule has 6 aromatic carbocycles. The summed E-state index contributed by atoms with van der Waals surface area (Å²) in [5.41, 5.74) is 6.20. The first-order valence-electron chi connectivity index (χ1n) is 16.8. The predicted molar refractivity (Wildman–Crippen MR) is 207 cm³/mol. The van der Waals surface area contributed by atoms with Gasteiger partial charge in [0.25, 0.3) is 0 Å². The van der Waals surface area contributed by atoms with Gasteiger partial charge in [0.05, 0.1) is 24.1 Å². The molecule has 1 unspecified atom stereocenters. The lowest BCUT2D eigenvalue weighted by atomic mass is 9.98. The van der Waals surface area contributed by atoms with Crippen LogP contribution in [0.15, 0.2) is 121 Å². The van der Waals surface area contributed by atoms with Crippen LogP contribution in [-0.4, -0.2) is 35.8 Å². The fraction of sp³-hybridized carbons (Fsp3) is 0.116. The largest absolute Gasteiger partial charge is 0.463 e. The Bertz CT molecular complexity index is 2670. The summed E-state index contributed by atoms with van der Waals surface area (Å²) in [6.07, 6.45) is 0.0619. The number of fused-ring (bicyclic) bond motifs is 9. The molecule has 1 fully saturated rings. The van der Waals surface area contributed by atoms with Crippen molar-refractivity contribution in [3.05, 3.63) is 121 Å². The maximum Gasteiger partial charge on any atom is 0.306 e. The third kappa shape index (κ3) is 4.84. The summed E-state index contributed by atoms with van der Waals surface area (Å²) in [5, 5.41) is 7.03. The minimum atomic E-state index is -0.382. The highest BCUT2D eigenvalue weighted by molar-refractivity contribution is 7.26. The summed E-state index contributed by atoms with van der Waals surface area (Å²) >= 11 is 3.63. The van der Waals surface area contributed by atoms with Crippen LogP contribution < -0.4 is 0 Å². The number of benzene rings is 6. The molecule has 7 heteroatoms. The van der Waals surface area contributed by atoms with Gasteiger partial charge in [-0.05, 0) is 58.7 Å². The van der Waals surface area contributed by atoms with Gasteiger partial charge in [0.2, 0.25) is 5.91 Å². The SMILES string of the molecule is O=C(CCC(=O)n1c2ccc(-c3cccc4c3sc3ccccc34)cc2c2cc(-c3cccc4c3sc3ccccc34)ccc21)OCC1CO1. The molecule has 9 aromatic rings. The van der Waals surface area contributed by atoms with E-state index in [0.717, 1.165) is 32.9 Å². The number of hydrogen-bond donors (Lipinski definition) is 0. The Labute approximate surface area is 294 Å². The summed E-state index contributed by atoms with van der Waals surface area (Å²) in [6, 6.07) is 43.0. The molecule has 0 aliphatic carbocycles. The van der Waals surface area contributed by atoms with Gasteiger partial charge in [0.1, 0.15) is 12.7 Å². The zero-order valence-corrected chi connectivity index (χ0v) is 28.5. The molecular formula is C43H29NO4S2. The highest BCUT2D eigenvalue weighted by Crippen LogP contribution is 2.44. The minimum absolute atomic E-state index is 0.00722. The standard InChI is InChI=1S/C43H29NO4S2/c45-40(19-20-41(46)48-24-27-23-47-27)44-36-17-15-25(28-9-5-11-32-30-7-1-3-13-38(30)49-42(28)32)21-34(36)35-22-26(16-18-37(35)44)29-10-6-12-33-31-8-2-4-14-39(31)50-43(29)33/h1-18,21-22,27H,19-20,23-24H2. The van der Waals surface area contributed by atoms with Crippen molar-refractivity contribution < 1.29 is 19.1 Å². The van der Waals surface area contributed by atoms with Crippen molar-refractivity contribution in [1.29, 1.82) is 0 Å². The lowest BCUT2D eigenvalue weighted by Crippen LogP contribution is -2.15. The van der Waals surface area contributed by atoms with Gasteiger partial charge < -0.3 is 9.47 Å². The van der Waals surface area contributed by atoms with Gasteiger partial charge in [-0.15, -0.1) is 22.7 Å². The molecule has 1 atom stereocenters. The molecule has 1 aliphatic rings. The van der Waals surface area contributed by atoms with Crippen molar-refractivity contribution in [2.75, 3.05) is 13.2 Å². The van der Waals surface area contributed by atoms with Crippen LogP contribution in [0.2, 0.25) is 0 Å². The molecule has 0 saturated carbocycles. The fourth-order valence-corrected chi connectivity index (χ4v) is 9.80. The van der Waals surface area contributed by atoms with E-state index in [-0.39, 0.29) is 37.4 Å². The lowest BCUT2D eigenvalue weighted by molar-refractivity contribution is -0.144. The molecule has 10 rings (SSSR count). The van der Waals surface area contributed by atoms with Crippen molar-refractivity contribution in [2.45, 2.75) is 18.9 Å². The highest BCUT2D eigenvalue weighted by Gasteiger charge is 2.25. The van der Waals surface area contributed by atoms with Gasteiger partial charge in [-0.3, -0.25) is 14.2 Å². The number of aromatic nitrogens is 1. The van der Waals surface area contributed by atoms with E-state index in [0.29, 0.717) is 6.61 Å². The average molecular weight is 688 g/mol. The minimum Gasteiger partial charge on any atom is -0.463 e. The molecule has 50 heavy (non-hydrogen) atoms. The molecule has 0 bridgehead atoms. The second-order valence-electron chi connectivity index (χ2n) is 12.9. The predicted octanol–water partition coefficient (Wildman–Crippen LogP) is 11.2. The van der Waals surface area contributed by atoms with Crippen LogP contribution in [0.3, 0.4) is 0 Å². The molecule has 5 nitrogen and oxygen atoms in total. The van der Waals surface area contributed by atoms with Crippen molar-refractivity contribution in [1.82, 2.24) is 4.57 Å². The van der Waals surface area contributed by atoms with E-state index in [9.17, 15) is 9.59 Å². The summed E-state index contributed by atoms with van der Waals surface area (Å²) in [7, 11) is 0. The van der Waals surface area contributed by atoms with E-state index in [1.165, 1.54) is 51.5 Å². The van der Waals surface area contributed by atoms with Gasteiger partial charge >= 0.3 is 5.97 Å². The first-order valence-corrected chi connectivity index (χ1v) is 18.4. The lowest BCUT2D eigenvalue weighted by Gasteiger charge is -2.08. The molecule has 242 valence electrons. The number of nitrogens with zero attached hydrogens (tertiary/aromatic N) is 1.